The molecule has 3 atom stereocenters. The van der Waals surface area contributed by atoms with Crippen LogP contribution in [0.25, 0.3) is 0 Å². The van der Waals surface area contributed by atoms with E-state index in [1.54, 1.807) is 0 Å². The topological polar surface area (TPSA) is 21.3 Å². The lowest BCUT2D eigenvalue weighted by Gasteiger charge is -2.30. The number of aryl methyl sites for hydroxylation is 2. The van der Waals surface area contributed by atoms with Crippen LogP contribution >= 0.6 is 15.9 Å². The summed E-state index contributed by atoms with van der Waals surface area (Å²) < 4.78 is 7.14. The Kier molecular flexibility index (Phi) is 6.27. The first-order valence-electron chi connectivity index (χ1n) is 8.20. The minimum Gasteiger partial charge on any atom is -0.378 e. The summed E-state index contributed by atoms with van der Waals surface area (Å²) in [7, 11) is 0. The highest BCUT2D eigenvalue weighted by atomic mass is 79.9. The second-order valence-electron chi connectivity index (χ2n) is 6.16. The Balaban J connectivity index is 2.33. The van der Waals surface area contributed by atoms with Crippen LogP contribution in [0.15, 0.2) is 16.6 Å². The minimum absolute atomic E-state index is 0.391. The van der Waals surface area contributed by atoms with E-state index in [4.69, 9.17) is 4.74 Å². The van der Waals surface area contributed by atoms with Crippen LogP contribution in [0, 0.1) is 19.8 Å². The van der Waals surface area contributed by atoms with Gasteiger partial charge in [0.1, 0.15) is 0 Å². The van der Waals surface area contributed by atoms with Crippen LogP contribution < -0.4 is 5.32 Å². The molecule has 1 aliphatic rings. The smallest absolute Gasteiger partial charge is 0.0619 e. The van der Waals surface area contributed by atoms with E-state index in [9.17, 15) is 0 Å². The fourth-order valence-corrected chi connectivity index (χ4v) is 3.85. The van der Waals surface area contributed by atoms with Gasteiger partial charge in [0.05, 0.1) is 6.10 Å². The lowest BCUT2D eigenvalue weighted by molar-refractivity contribution is 0.0773. The molecule has 0 radical (unpaired) electrons. The molecule has 1 aromatic carbocycles. The minimum atomic E-state index is 0.391. The quantitative estimate of drug-likeness (QED) is 0.783. The van der Waals surface area contributed by atoms with E-state index < -0.39 is 0 Å². The molecule has 0 aliphatic carbocycles. The van der Waals surface area contributed by atoms with Gasteiger partial charge in [0.25, 0.3) is 0 Å². The Hall–Kier alpha value is -0.380. The summed E-state index contributed by atoms with van der Waals surface area (Å²) in [6.07, 6.45) is 3.82. The van der Waals surface area contributed by atoms with Crippen molar-refractivity contribution in [3.63, 3.8) is 0 Å². The molecule has 3 unspecified atom stereocenters. The molecular formula is C18H28BrNO. The summed E-state index contributed by atoms with van der Waals surface area (Å²) in [4.78, 5) is 0. The van der Waals surface area contributed by atoms with Crippen molar-refractivity contribution in [3.8, 4) is 0 Å². The van der Waals surface area contributed by atoms with Crippen LogP contribution in [0.4, 0.5) is 0 Å². The zero-order valence-electron chi connectivity index (χ0n) is 13.7. The molecule has 1 aromatic rings. The highest BCUT2D eigenvalue weighted by Crippen LogP contribution is 2.37. The highest BCUT2D eigenvalue weighted by Gasteiger charge is 2.34. The van der Waals surface area contributed by atoms with Crippen molar-refractivity contribution in [3.05, 3.63) is 33.3 Å². The van der Waals surface area contributed by atoms with E-state index in [-0.39, 0.29) is 0 Å². The molecule has 0 spiro atoms. The summed E-state index contributed by atoms with van der Waals surface area (Å²) >= 11 is 3.65. The van der Waals surface area contributed by atoms with Crippen molar-refractivity contribution < 1.29 is 4.74 Å². The Morgan fingerprint density at radius 2 is 2.05 bits per heavy atom. The van der Waals surface area contributed by atoms with Gasteiger partial charge in [-0.25, -0.2) is 0 Å². The fraction of sp³-hybridized carbons (Fsp3) is 0.667. The van der Waals surface area contributed by atoms with Crippen LogP contribution in [0.2, 0.25) is 0 Å². The molecule has 2 nitrogen and oxygen atoms in total. The van der Waals surface area contributed by atoms with Gasteiger partial charge < -0.3 is 10.1 Å². The zero-order chi connectivity index (χ0) is 15.4. The van der Waals surface area contributed by atoms with Crippen molar-refractivity contribution in [2.24, 2.45) is 5.92 Å². The average molecular weight is 354 g/mol. The Morgan fingerprint density at radius 1 is 1.29 bits per heavy atom. The molecule has 1 fully saturated rings. The standard InChI is InChI=1S/C18H28BrNO/c1-5-8-20-18(14-7-9-21-17(14)6-2)15-10-13(4)16(19)11-12(15)3/h10-11,14,17-18,20H,5-9H2,1-4H3. The van der Waals surface area contributed by atoms with Gasteiger partial charge in [-0.05, 0) is 62.4 Å². The molecule has 21 heavy (non-hydrogen) atoms. The second-order valence-corrected chi connectivity index (χ2v) is 7.01. The van der Waals surface area contributed by atoms with Crippen molar-refractivity contribution in [1.29, 1.82) is 0 Å². The van der Waals surface area contributed by atoms with Gasteiger partial charge in [-0.3, -0.25) is 0 Å². The first-order chi connectivity index (χ1) is 10.1. The lowest BCUT2D eigenvalue weighted by atomic mass is 9.84. The largest absolute Gasteiger partial charge is 0.378 e. The first kappa shape index (κ1) is 17.0. The van der Waals surface area contributed by atoms with E-state index in [0.29, 0.717) is 18.1 Å². The molecule has 118 valence electrons. The van der Waals surface area contributed by atoms with Crippen molar-refractivity contribution in [2.75, 3.05) is 13.2 Å². The van der Waals surface area contributed by atoms with Gasteiger partial charge in [-0.2, -0.15) is 0 Å². The molecule has 0 aromatic heterocycles. The summed E-state index contributed by atoms with van der Waals surface area (Å²) in [5, 5.41) is 3.78. The predicted molar refractivity (Wildman–Crippen MR) is 92.8 cm³/mol. The van der Waals surface area contributed by atoms with E-state index in [1.165, 1.54) is 21.2 Å². The number of rotatable bonds is 6. The van der Waals surface area contributed by atoms with Crippen molar-refractivity contribution in [2.45, 2.75) is 59.1 Å². The van der Waals surface area contributed by atoms with Crippen LogP contribution in [0.3, 0.4) is 0 Å². The number of benzene rings is 1. The van der Waals surface area contributed by atoms with Crippen molar-refractivity contribution >= 4 is 15.9 Å². The van der Waals surface area contributed by atoms with Gasteiger partial charge in [0.2, 0.25) is 0 Å². The molecule has 0 bridgehead atoms. The maximum atomic E-state index is 5.94. The Morgan fingerprint density at radius 3 is 2.71 bits per heavy atom. The highest BCUT2D eigenvalue weighted by molar-refractivity contribution is 9.10. The number of nitrogens with one attached hydrogen (secondary N) is 1. The predicted octanol–water partition coefficient (Wildman–Crippen LogP) is 4.92. The first-order valence-corrected chi connectivity index (χ1v) is 8.99. The van der Waals surface area contributed by atoms with Crippen molar-refractivity contribution in [1.82, 2.24) is 5.32 Å². The Bertz CT molecular complexity index is 475. The lowest BCUT2D eigenvalue weighted by Crippen LogP contribution is -2.33. The van der Waals surface area contributed by atoms with Gasteiger partial charge in [0, 0.05) is 23.0 Å². The van der Waals surface area contributed by atoms with Gasteiger partial charge in [-0.15, -0.1) is 0 Å². The van der Waals surface area contributed by atoms with Crippen LogP contribution in [0.1, 0.15) is 55.8 Å². The van der Waals surface area contributed by atoms with Gasteiger partial charge in [-0.1, -0.05) is 35.8 Å². The molecular weight excluding hydrogens is 326 g/mol. The molecule has 0 saturated carbocycles. The maximum absolute atomic E-state index is 5.94. The monoisotopic (exact) mass is 353 g/mol. The SMILES string of the molecule is CCCNC(c1cc(C)c(Br)cc1C)C1CCOC1CC. The second kappa shape index (κ2) is 7.75. The molecule has 1 heterocycles. The van der Waals surface area contributed by atoms with Crippen LogP contribution in [-0.4, -0.2) is 19.3 Å². The molecule has 3 heteroatoms. The maximum Gasteiger partial charge on any atom is 0.0619 e. The summed E-state index contributed by atoms with van der Waals surface area (Å²) in [5.41, 5.74) is 4.12. The summed E-state index contributed by atoms with van der Waals surface area (Å²) in [6.45, 7) is 10.8. The third-order valence-electron chi connectivity index (χ3n) is 4.59. The zero-order valence-corrected chi connectivity index (χ0v) is 15.3. The number of ether oxygens (including phenoxy) is 1. The van der Waals surface area contributed by atoms with E-state index in [0.717, 1.165) is 32.4 Å². The number of hydrogen-bond donors (Lipinski definition) is 1. The number of hydrogen-bond acceptors (Lipinski definition) is 2. The summed E-state index contributed by atoms with van der Waals surface area (Å²) in [6, 6.07) is 5.00. The third-order valence-corrected chi connectivity index (χ3v) is 5.44. The van der Waals surface area contributed by atoms with Gasteiger partial charge in [0.15, 0.2) is 0 Å². The fourth-order valence-electron chi connectivity index (χ4n) is 3.40. The molecule has 1 N–H and O–H groups in total. The molecule has 0 amide bonds. The molecule has 1 saturated heterocycles. The van der Waals surface area contributed by atoms with E-state index in [2.05, 4.69) is 61.1 Å². The van der Waals surface area contributed by atoms with E-state index >= 15 is 0 Å². The normalized spacial score (nSPS) is 23.5. The third kappa shape index (κ3) is 3.88. The van der Waals surface area contributed by atoms with Crippen LogP contribution in [-0.2, 0) is 4.74 Å². The average Bonchev–Trinajstić information content (AvgIpc) is 2.93. The molecule has 2 rings (SSSR count). The number of halogens is 1. The van der Waals surface area contributed by atoms with Crippen LogP contribution in [0.5, 0.6) is 0 Å². The molecule has 1 aliphatic heterocycles. The van der Waals surface area contributed by atoms with Gasteiger partial charge >= 0.3 is 0 Å². The summed E-state index contributed by atoms with van der Waals surface area (Å²) in [5.74, 6) is 0.584. The Labute approximate surface area is 137 Å². The van der Waals surface area contributed by atoms with E-state index in [1.807, 2.05) is 0 Å².